The third-order valence-corrected chi connectivity index (χ3v) is 6.10. The van der Waals surface area contributed by atoms with Crippen molar-refractivity contribution in [3.8, 4) is 6.07 Å². The number of hydrogen-bond acceptors (Lipinski definition) is 6. The molecule has 1 aliphatic rings. The van der Waals surface area contributed by atoms with E-state index in [0.717, 1.165) is 11.3 Å². The van der Waals surface area contributed by atoms with Crippen LogP contribution in [0.4, 0.5) is 10.1 Å². The number of nitriles is 1. The van der Waals surface area contributed by atoms with E-state index in [-0.39, 0.29) is 22.2 Å². The number of benzene rings is 2. The van der Waals surface area contributed by atoms with Crippen LogP contribution >= 0.6 is 0 Å². The Hall–Kier alpha value is -3.42. The maximum absolute atomic E-state index is 13.1. The van der Waals surface area contributed by atoms with E-state index >= 15 is 0 Å². The van der Waals surface area contributed by atoms with E-state index in [4.69, 9.17) is 5.14 Å². The summed E-state index contributed by atoms with van der Waals surface area (Å²) < 4.78 is 35.7. The Morgan fingerprint density at radius 1 is 1.09 bits per heavy atom. The average molecular weight is 458 g/mol. The van der Waals surface area contributed by atoms with Gasteiger partial charge < -0.3 is 15.1 Å². The first-order valence-corrected chi connectivity index (χ1v) is 11.6. The van der Waals surface area contributed by atoms with E-state index in [2.05, 4.69) is 10.2 Å². The van der Waals surface area contributed by atoms with Gasteiger partial charge in [0, 0.05) is 44.6 Å². The molecular formula is C22H24FN5O3S. The maximum Gasteiger partial charge on any atom is 0.266 e. The second kappa shape index (κ2) is 10.3. The lowest BCUT2D eigenvalue weighted by molar-refractivity contribution is -0.127. The third kappa shape index (κ3) is 6.06. The van der Waals surface area contributed by atoms with Gasteiger partial charge in [0.1, 0.15) is 17.5 Å². The van der Waals surface area contributed by atoms with Crippen molar-refractivity contribution < 1.29 is 17.6 Å². The standard InChI is InChI=1S/C22H24FN5O3S/c23-19-3-5-20(6-4-19)27-11-13-28(14-12-27)22(29)18(15-24)16-26-10-9-17-1-7-21(8-2-17)32(25,30)31/h1-8,16,26H,9-14H2,(H2,25,30,31)/b18-16-. The zero-order valence-corrected chi connectivity index (χ0v) is 18.2. The number of rotatable bonds is 7. The molecule has 1 amide bonds. The molecule has 0 saturated carbocycles. The minimum absolute atomic E-state index is 0.0183. The quantitative estimate of drug-likeness (QED) is 0.368. The van der Waals surface area contributed by atoms with Crippen LogP contribution in [0, 0.1) is 17.1 Å². The number of amides is 1. The molecule has 0 aliphatic carbocycles. The minimum Gasteiger partial charge on any atom is -0.389 e. The first-order valence-electron chi connectivity index (χ1n) is 10.0. The fraction of sp³-hybridized carbons (Fsp3) is 0.273. The summed E-state index contributed by atoms with van der Waals surface area (Å²) in [5.74, 6) is -0.629. The van der Waals surface area contributed by atoms with Crippen molar-refractivity contribution in [2.75, 3.05) is 37.6 Å². The molecular weight excluding hydrogens is 433 g/mol. The van der Waals surface area contributed by atoms with Crippen LogP contribution in [0.1, 0.15) is 5.56 Å². The molecule has 168 valence electrons. The highest BCUT2D eigenvalue weighted by Crippen LogP contribution is 2.17. The number of halogens is 1. The van der Waals surface area contributed by atoms with Gasteiger partial charge in [-0.1, -0.05) is 12.1 Å². The van der Waals surface area contributed by atoms with Crippen LogP contribution in [0.2, 0.25) is 0 Å². The molecule has 1 fully saturated rings. The number of nitrogens with zero attached hydrogens (tertiary/aromatic N) is 3. The van der Waals surface area contributed by atoms with Gasteiger partial charge >= 0.3 is 0 Å². The minimum atomic E-state index is -3.72. The predicted molar refractivity (Wildman–Crippen MR) is 118 cm³/mol. The lowest BCUT2D eigenvalue weighted by Crippen LogP contribution is -2.49. The van der Waals surface area contributed by atoms with Gasteiger partial charge in [-0.25, -0.2) is 17.9 Å². The highest BCUT2D eigenvalue weighted by molar-refractivity contribution is 7.89. The number of sulfonamides is 1. The van der Waals surface area contributed by atoms with E-state index in [1.54, 1.807) is 29.2 Å². The Balaban J connectivity index is 1.49. The lowest BCUT2D eigenvalue weighted by Gasteiger charge is -2.36. The number of nitrogens with one attached hydrogen (secondary N) is 1. The maximum atomic E-state index is 13.1. The Morgan fingerprint density at radius 2 is 1.72 bits per heavy atom. The Labute approximate surface area is 186 Å². The number of primary sulfonamides is 1. The summed E-state index contributed by atoms with van der Waals surface area (Å²) in [5, 5.41) is 17.4. The van der Waals surface area contributed by atoms with E-state index in [1.807, 2.05) is 6.07 Å². The Morgan fingerprint density at radius 3 is 2.28 bits per heavy atom. The number of carbonyl (C=O) groups is 1. The molecule has 10 heteroatoms. The molecule has 3 N–H and O–H groups in total. The first-order chi connectivity index (χ1) is 15.3. The molecule has 0 aromatic heterocycles. The van der Waals surface area contributed by atoms with Crippen molar-refractivity contribution in [1.29, 1.82) is 5.26 Å². The topological polar surface area (TPSA) is 120 Å². The molecule has 0 spiro atoms. The van der Waals surface area contributed by atoms with Crippen LogP contribution in [-0.2, 0) is 21.2 Å². The zero-order chi connectivity index (χ0) is 23.1. The highest BCUT2D eigenvalue weighted by atomic mass is 32.2. The van der Waals surface area contributed by atoms with E-state index in [9.17, 15) is 22.9 Å². The number of carbonyl (C=O) groups excluding carboxylic acids is 1. The number of hydrogen-bond donors (Lipinski definition) is 2. The summed E-state index contributed by atoms with van der Waals surface area (Å²) in [5.41, 5.74) is 1.80. The smallest absolute Gasteiger partial charge is 0.266 e. The largest absolute Gasteiger partial charge is 0.389 e. The van der Waals surface area contributed by atoms with Crippen LogP contribution in [-0.4, -0.2) is 51.9 Å². The second-order valence-corrected chi connectivity index (χ2v) is 8.88. The summed E-state index contributed by atoms with van der Waals surface area (Å²) in [6.45, 7) is 2.58. The number of anilines is 1. The summed E-state index contributed by atoms with van der Waals surface area (Å²) in [7, 11) is -3.72. The van der Waals surface area contributed by atoms with E-state index < -0.39 is 10.0 Å². The summed E-state index contributed by atoms with van der Waals surface area (Å²) in [6, 6.07) is 14.4. The van der Waals surface area contributed by atoms with Gasteiger partial charge in [0.25, 0.3) is 5.91 Å². The number of nitrogens with two attached hydrogens (primary N) is 1. The van der Waals surface area contributed by atoms with Crippen LogP contribution < -0.4 is 15.4 Å². The predicted octanol–water partition coefficient (Wildman–Crippen LogP) is 1.36. The van der Waals surface area contributed by atoms with Crippen molar-refractivity contribution in [2.45, 2.75) is 11.3 Å². The average Bonchev–Trinajstić information content (AvgIpc) is 2.79. The van der Waals surface area contributed by atoms with E-state index in [0.29, 0.717) is 39.1 Å². The Bertz CT molecular complexity index is 1120. The summed E-state index contributed by atoms with van der Waals surface area (Å²) >= 11 is 0. The Kier molecular flexibility index (Phi) is 7.45. The normalized spacial score (nSPS) is 14.7. The monoisotopic (exact) mass is 457 g/mol. The molecule has 32 heavy (non-hydrogen) atoms. The molecule has 0 bridgehead atoms. The molecule has 1 saturated heterocycles. The molecule has 0 unspecified atom stereocenters. The molecule has 0 radical (unpaired) electrons. The van der Waals surface area contributed by atoms with Gasteiger partial charge in [0.05, 0.1) is 4.90 Å². The van der Waals surface area contributed by atoms with Gasteiger partial charge in [0.15, 0.2) is 0 Å². The zero-order valence-electron chi connectivity index (χ0n) is 17.4. The van der Waals surface area contributed by atoms with Crippen molar-refractivity contribution in [3.05, 3.63) is 71.7 Å². The van der Waals surface area contributed by atoms with Crippen LogP contribution in [0.5, 0.6) is 0 Å². The molecule has 0 atom stereocenters. The SMILES string of the molecule is N#C/C(=C/NCCc1ccc(S(N)(=O)=O)cc1)C(=O)N1CCN(c2ccc(F)cc2)CC1. The lowest BCUT2D eigenvalue weighted by atomic mass is 10.1. The summed E-state index contributed by atoms with van der Waals surface area (Å²) in [6.07, 6.45) is 1.98. The van der Waals surface area contributed by atoms with Crippen LogP contribution in [0.15, 0.2) is 65.2 Å². The third-order valence-electron chi connectivity index (χ3n) is 5.17. The van der Waals surface area contributed by atoms with Gasteiger partial charge in [-0.15, -0.1) is 0 Å². The summed E-state index contributed by atoms with van der Waals surface area (Å²) in [4.78, 5) is 16.4. The second-order valence-electron chi connectivity index (χ2n) is 7.32. The molecule has 3 rings (SSSR count). The molecule has 1 aliphatic heterocycles. The van der Waals surface area contributed by atoms with Crippen molar-refractivity contribution >= 4 is 21.6 Å². The van der Waals surface area contributed by atoms with Crippen molar-refractivity contribution in [2.24, 2.45) is 5.14 Å². The number of piperazine rings is 1. The van der Waals surface area contributed by atoms with Crippen LogP contribution in [0.25, 0.3) is 0 Å². The van der Waals surface area contributed by atoms with Gasteiger partial charge in [0.2, 0.25) is 10.0 Å². The van der Waals surface area contributed by atoms with Gasteiger partial charge in [-0.05, 0) is 48.4 Å². The fourth-order valence-electron chi connectivity index (χ4n) is 3.37. The highest BCUT2D eigenvalue weighted by Gasteiger charge is 2.23. The fourth-order valence-corrected chi connectivity index (χ4v) is 3.88. The van der Waals surface area contributed by atoms with Crippen LogP contribution in [0.3, 0.4) is 0 Å². The van der Waals surface area contributed by atoms with Gasteiger partial charge in [-0.3, -0.25) is 4.79 Å². The van der Waals surface area contributed by atoms with E-state index in [1.165, 1.54) is 30.5 Å². The molecule has 2 aromatic carbocycles. The first kappa shape index (κ1) is 23.2. The molecule has 2 aromatic rings. The molecule has 1 heterocycles. The molecule has 8 nitrogen and oxygen atoms in total. The van der Waals surface area contributed by atoms with Gasteiger partial charge in [-0.2, -0.15) is 5.26 Å². The van der Waals surface area contributed by atoms with Crippen molar-refractivity contribution in [1.82, 2.24) is 10.2 Å². The van der Waals surface area contributed by atoms with Crippen molar-refractivity contribution in [3.63, 3.8) is 0 Å².